The highest BCUT2D eigenvalue weighted by molar-refractivity contribution is 9.09. The summed E-state index contributed by atoms with van der Waals surface area (Å²) in [5.41, 5.74) is 0.375. The number of hydrogen-bond donors (Lipinski definition) is 0. The molecule has 3 nitrogen and oxygen atoms in total. The van der Waals surface area contributed by atoms with Crippen molar-refractivity contribution in [3.05, 3.63) is 57.5 Å². The highest BCUT2D eigenvalue weighted by atomic mass is 79.9. The van der Waals surface area contributed by atoms with Gasteiger partial charge in [0, 0.05) is 21.4 Å². The Hall–Kier alpha value is -0.460. The van der Waals surface area contributed by atoms with E-state index in [1.807, 2.05) is 6.92 Å². The summed E-state index contributed by atoms with van der Waals surface area (Å²) in [7, 11) is -3.83. The van der Waals surface area contributed by atoms with Crippen LogP contribution < -0.4 is 4.31 Å². The number of halogens is 4. The van der Waals surface area contributed by atoms with E-state index in [2.05, 4.69) is 15.9 Å². The van der Waals surface area contributed by atoms with Gasteiger partial charge in [0.1, 0.15) is 0 Å². The van der Waals surface area contributed by atoms with Crippen LogP contribution in [0.15, 0.2) is 47.4 Å². The van der Waals surface area contributed by atoms with E-state index in [-0.39, 0.29) is 10.9 Å². The molecule has 0 saturated carbocycles. The Morgan fingerprint density at radius 2 is 1.62 bits per heavy atom. The second-order valence-electron chi connectivity index (χ2n) is 5.88. The molecule has 0 aromatic heterocycles. The van der Waals surface area contributed by atoms with Crippen molar-refractivity contribution in [3.8, 4) is 0 Å². The predicted molar refractivity (Wildman–Crippen MR) is 115 cm³/mol. The van der Waals surface area contributed by atoms with Gasteiger partial charge in [-0.15, -0.1) is 0 Å². The van der Waals surface area contributed by atoms with Crippen molar-refractivity contribution in [2.45, 2.75) is 37.1 Å². The zero-order valence-electron chi connectivity index (χ0n) is 14.1. The quantitative estimate of drug-likeness (QED) is 0.296. The largest absolute Gasteiger partial charge is 0.264 e. The van der Waals surface area contributed by atoms with Gasteiger partial charge in [0.2, 0.25) is 0 Å². The fourth-order valence-electron chi connectivity index (χ4n) is 2.63. The number of sulfonamides is 1. The summed E-state index contributed by atoms with van der Waals surface area (Å²) in [6.07, 6.45) is 2.54. The van der Waals surface area contributed by atoms with Crippen molar-refractivity contribution in [2.75, 3.05) is 9.64 Å². The SMILES string of the molecule is CC(CCCCBr)N(c1cc(Cl)ccc1Cl)S(=O)(=O)c1ccc(Cl)cc1. The van der Waals surface area contributed by atoms with E-state index < -0.39 is 10.0 Å². The van der Waals surface area contributed by atoms with Crippen LogP contribution >= 0.6 is 50.7 Å². The van der Waals surface area contributed by atoms with Crippen LogP contribution in [0.2, 0.25) is 15.1 Å². The first-order valence-corrected chi connectivity index (χ1v) is 11.8. The molecule has 2 rings (SSSR count). The molecule has 0 bridgehead atoms. The molecular formula is C18H19BrCl3NO2S. The average Bonchev–Trinajstić information content (AvgIpc) is 2.58. The Bertz CT molecular complexity index is 844. The number of benzene rings is 2. The maximum atomic E-state index is 13.4. The molecule has 0 radical (unpaired) electrons. The third kappa shape index (κ3) is 5.29. The van der Waals surface area contributed by atoms with Crippen LogP contribution in [-0.2, 0) is 10.0 Å². The molecule has 0 spiro atoms. The summed E-state index contributed by atoms with van der Waals surface area (Å²) >= 11 is 21.7. The molecule has 2 aromatic carbocycles. The third-order valence-electron chi connectivity index (χ3n) is 3.92. The highest BCUT2D eigenvalue weighted by Crippen LogP contribution is 2.35. The lowest BCUT2D eigenvalue weighted by molar-refractivity contribution is 0.563. The summed E-state index contributed by atoms with van der Waals surface area (Å²) < 4.78 is 28.1. The van der Waals surface area contributed by atoms with E-state index in [4.69, 9.17) is 34.8 Å². The molecule has 26 heavy (non-hydrogen) atoms. The van der Waals surface area contributed by atoms with Gasteiger partial charge in [-0.25, -0.2) is 8.42 Å². The van der Waals surface area contributed by atoms with Crippen LogP contribution in [0.3, 0.4) is 0 Å². The second kappa shape index (κ2) is 9.65. The van der Waals surface area contributed by atoms with Gasteiger partial charge in [-0.1, -0.05) is 57.2 Å². The van der Waals surface area contributed by atoms with Crippen molar-refractivity contribution >= 4 is 66.4 Å². The molecule has 0 amide bonds. The minimum Gasteiger partial charge on any atom is -0.262 e. The summed E-state index contributed by atoms with van der Waals surface area (Å²) in [4.78, 5) is 0.158. The van der Waals surface area contributed by atoms with E-state index in [0.717, 1.165) is 18.2 Å². The van der Waals surface area contributed by atoms with Gasteiger partial charge in [-0.05, 0) is 62.2 Å². The topological polar surface area (TPSA) is 37.4 Å². The Balaban J connectivity index is 2.52. The van der Waals surface area contributed by atoms with Crippen molar-refractivity contribution in [1.29, 1.82) is 0 Å². The van der Waals surface area contributed by atoms with Gasteiger partial charge < -0.3 is 0 Å². The summed E-state index contributed by atoms with van der Waals surface area (Å²) in [6.45, 7) is 1.87. The fraction of sp³-hybridized carbons (Fsp3) is 0.333. The molecule has 1 unspecified atom stereocenters. The van der Waals surface area contributed by atoms with E-state index in [1.165, 1.54) is 16.4 Å². The fourth-order valence-corrected chi connectivity index (χ4v) is 5.27. The second-order valence-corrected chi connectivity index (χ2v) is 9.77. The van der Waals surface area contributed by atoms with Crippen LogP contribution in [0.1, 0.15) is 26.2 Å². The molecule has 0 heterocycles. The van der Waals surface area contributed by atoms with E-state index in [0.29, 0.717) is 27.2 Å². The molecular weight excluding hydrogens is 481 g/mol. The van der Waals surface area contributed by atoms with Crippen molar-refractivity contribution in [3.63, 3.8) is 0 Å². The number of hydrogen-bond acceptors (Lipinski definition) is 2. The monoisotopic (exact) mass is 497 g/mol. The highest BCUT2D eigenvalue weighted by Gasteiger charge is 2.31. The Morgan fingerprint density at radius 3 is 2.23 bits per heavy atom. The standard InChI is InChI=1S/C18H19BrCl3NO2S/c1-13(4-2-3-11-19)23(18-12-15(21)7-10-17(18)22)26(24,25)16-8-5-14(20)6-9-16/h5-10,12-13H,2-4,11H2,1H3. The molecule has 0 fully saturated rings. The van der Waals surface area contributed by atoms with E-state index >= 15 is 0 Å². The number of unbranched alkanes of at least 4 members (excludes halogenated alkanes) is 1. The van der Waals surface area contributed by atoms with E-state index in [1.54, 1.807) is 30.3 Å². The first-order chi connectivity index (χ1) is 12.3. The van der Waals surface area contributed by atoms with Gasteiger partial charge in [-0.3, -0.25) is 4.31 Å². The molecule has 2 aromatic rings. The smallest absolute Gasteiger partial charge is 0.262 e. The minimum atomic E-state index is -3.83. The maximum absolute atomic E-state index is 13.4. The first kappa shape index (κ1) is 21.8. The molecule has 1 atom stereocenters. The average molecular weight is 500 g/mol. The van der Waals surface area contributed by atoms with Crippen LogP contribution in [0.25, 0.3) is 0 Å². The zero-order valence-corrected chi connectivity index (χ0v) is 18.8. The van der Waals surface area contributed by atoms with Crippen LogP contribution in [0.4, 0.5) is 5.69 Å². The molecule has 8 heteroatoms. The van der Waals surface area contributed by atoms with Crippen molar-refractivity contribution in [2.24, 2.45) is 0 Å². The molecule has 142 valence electrons. The van der Waals surface area contributed by atoms with Gasteiger partial charge >= 0.3 is 0 Å². The number of rotatable bonds is 8. The van der Waals surface area contributed by atoms with Gasteiger partial charge in [-0.2, -0.15) is 0 Å². The van der Waals surface area contributed by atoms with Gasteiger partial charge in [0.25, 0.3) is 10.0 Å². The minimum absolute atomic E-state index is 0.158. The lowest BCUT2D eigenvalue weighted by Gasteiger charge is -2.31. The normalized spacial score (nSPS) is 12.8. The van der Waals surface area contributed by atoms with E-state index in [9.17, 15) is 8.42 Å². The van der Waals surface area contributed by atoms with Crippen LogP contribution in [0, 0.1) is 0 Å². The molecule has 0 aliphatic carbocycles. The zero-order chi connectivity index (χ0) is 19.3. The number of nitrogens with zero attached hydrogens (tertiary/aromatic N) is 1. The maximum Gasteiger partial charge on any atom is 0.264 e. The summed E-state index contributed by atoms with van der Waals surface area (Å²) in [6, 6.07) is 10.6. The van der Waals surface area contributed by atoms with Crippen molar-refractivity contribution in [1.82, 2.24) is 0 Å². The Kier molecular flexibility index (Phi) is 8.10. The number of alkyl halides is 1. The summed E-state index contributed by atoms with van der Waals surface area (Å²) in [5, 5.41) is 2.11. The molecule has 0 aliphatic rings. The van der Waals surface area contributed by atoms with Crippen LogP contribution in [0.5, 0.6) is 0 Å². The third-order valence-corrected chi connectivity index (χ3v) is 7.23. The van der Waals surface area contributed by atoms with Gasteiger partial charge in [0.05, 0.1) is 15.6 Å². The predicted octanol–water partition coefficient (Wildman–Crippen LogP) is 6.80. The molecule has 0 N–H and O–H groups in total. The lowest BCUT2D eigenvalue weighted by atomic mass is 10.1. The summed E-state index contributed by atoms with van der Waals surface area (Å²) in [5.74, 6) is 0. The van der Waals surface area contributed by atoms with Crippen LogP contribution in [-0.4, -0.2) is 19.8 Å². The number of anilines is 1. The Morgan fingerprint density at radius 1 is 1.00 bits per heavy atom. The molecule has 0 aliphatic heterocycles. The lowest BCUT2D eigenvalue weighted by Crippen LogP contribution is -2.39. The Labute approximate surface area is 178 Å². The van der Waals surface area contributed by atoms with Gasteiger partial charge in [0.15, 0.2) is 0 Å². The first-order valence-electron chi connectivity index (χ1n) is 8.08. The molecule has 0 saturated heterocycles. The van der Waals surface area contributed by atoms with Crippen molar-refractivity contribution < 1.29 is 8.42 Å².